The molecule has 0 heterocycles. The molecule has 0 atom stereocenters. The molecular formula is C58H39N. The summed E-state index contributed by atoms with van der Waals surface area (Å²) in [6.07, 6.45) is 0. The van der Waals surface area contributed by atoms with E-state index in [0.717, 1.165) is 17.1 Å². The molecule has 276 valence electrons. The van der Waals surface area contributed by atoms with Gasteiger partial charge in [0.2, 0.25) is 0 Å². The molecule has 0 fully saturated rings. The second-order valence-corrected chi connectivity index (χ2v) is 15.2. The Bertz CT molecular complexity index is 3230. The zero-order valence-electron chi connectivity index (χ0n) is 32.5. The van der Waals surface area contributed by atoms with Crippen LogP contribution < -0.4 is 4.90 Å². The summed E-state index contributed by atoms with van der Waals surface area (Å²) in [5, 5.41) is 10.2. The van der Waals surface area contributed by atoms with Gasteiger partial charge in [0.1, 0.15) is 0 Å². The summed E-state index contributed by atoms with van der Waals surface area (Å²) in [5.41, 5.74) is 13.0. The average molecular weight is 750 g/mol. The van der Waals surface area contributed by atoms with Crippen molar-refractivity contribution >= 4 is 60.2 Å². The lowest BCUT2D eigenvalue weighted by molar-refractivity contribution is 1.28. The molecule has 0 amide bonds. The Labute approximate surface area is 344 Å². The fraction of sp³-hybridized carbons (Fsp3) is 0. The smallest absolute Gasteiger partial charge is 0.0462 e. The predicted octanol–water partition coefficient (Wildman–Crippen LogP) is 16.4. The fourth-order valence-corrected chi connectivity index (χ4v) is 9.09. The third kappa shape index (κ3) is 6.12. The summed E-state index contributed by atoms with van der Waals surface area (Å²) in [5.74, 6) is 0. The maximum atomic E-state index is 2.37. The van der Waals surface area contributed by atoms with E-state index < -0.39 is 0 Å². The van der Waals surface area contributed by atoms with Gasteiger partial charge in [-0.2, -0.15) is 0 Å². The summed E-state index contributed by atoms with van der Waals surface area (Å²) in [6, 6.07) is 86.1. The maximum absolute atomic E-state index is 2.37. The third-order valence-corrected chi connectivity index (χ3v) is 11.9. The monoisotopic (exact) mass is 749 g/mol. The van der Waals surface area contributed by atoms with Crippen molar-refractivity contribution in [2.45, 2.75) is 0 Å². The Kier molecular flexibility index (Phi) is 8.56. The number of hydrogen-bond acceptors (Lipinski definition) is 1. The van der Waals surface area contributed by atoms with Crippen LogP contribution >= 0.6 is 0 Å². The molecule has 1 nitrogen and oxygen atoms in total. The zero-order valence-corrected chi connectivity index (χ0v) is 32.5. The Balaban J connectivity index is 1.03. The van der Waals surface area contributed by atoms with Crippen LogP contribution in [0.25, 0.3) is 87.6 Å². The number of benzene rings is 11. The molecule has 11 aromatic rings. The Morgan fingerprint density at radius 2 is 0.627 bits per heavy atom. The summed E-state index contributed by atoms with van der Waals surface area (Å²) in [6.45, 7) is 0. The van der Waals surface area contributed by atoms with Crippen LogP contribution in [0.15, 0.2) is 237 Å². The molecule has 0 aliphatic rings. The molecule has 0 radical (unpaired) electrons. The Hall–Kier alpha value is -7.74. The minimum Gasteiger partial charge on any atom is -0.311 e. The third-order valence-electron chi connectivity index (χ3n) is 11.9. The lowest BCUT2D eigenvalue weighted by atomic mass is 9.89. The molecule has 59 heavy (non-hydrogen) atoms. The molecular weight excluding hydrogens is 711 g/mol. The molecule has 0 saturated heterocycles. The highest BCUT2D eigenvalue weighted by Crippen LogP contribution is 2.43. The SMILES string of the molecule is c1ccc(-c2ccc(N(c3ccc(-c4ccc5ccccc5c4-c4ccccc4)cc3)c3ccc(-c4cccc5c6ccccc6c6ccccc6c45)cc3)cc2)cc1. The van der Waals surface area contributed by atoms with Crippen LogP contribution in [-0.4, -0.2) is 0 Å². The molecule has 0 N–H and O–H groups in total. The van der Waals surface area contributed by atoms with Gasteiger partial charge in [-0.1, -0.05) is 200 Å². The molecule has 0 aromatic heterocycles. The van der Waals surface area contributed by atoms with Gasteiger partial charge >= 0.3 is 0 Å². The van der Waals surface area contributed by atoms with Gasteiger partial charge in [0.15, 0.2) is 0 Å². The van der Waals surface area contributed by atoms with Gasteiger partial charge in [0, 0.05) is 17.1 Å². The van der Waals surface area contributed by atoms with Crippen molar-refractivity contribution in [1.29, 1.82) is 0 Å². The fourth-order valence-electron chi connectivity index (χ4n) is 9.09. The van der Waals surface area contributed by atoms with Crippen molar-refractivity contribution < 1.29 is 0 Å². The van der Waals surface area contributed by atoms with Crippen LogP contribution in [0, 0.1) is 0 Å². The molecule has 11 aromatic carbocycles. The van der Waals surface area contributed by atoms with E-state index in [-0.39, 0.29) is 0 Å². The highest BCUT2D eigenvalue weighted by molar-refractivity contribution is 6.28. The van der Waals surface area contributed by atoms with Gasteiger partial charge in [-0.25, -0.2) is 0 Å². The summed E-state index contributed by atoms with van der Waals surface area (Å²) < 4.78 is 0. The van der Waals surface area contributed by atoms with E-state index in [1.165, 1.54) is 87.6 Å². The normalized spacial score (nSPS) is 11.4. The standard InChI is InChI=1S/C58H39N/c1-3-14-40(15-4-1)41-26-33-46(34-27-41)59(48-37-30-44(31-38-48)51-39-32-42-16-7-8-19-49(42)57(51)45-17-5-2-6-18-45)47-35-28-43(29-36-47)50-24-13-25-56-54-21-10-9-20-52(54)53-22-11-12-23-55(53)58(50)56/h1-39H. The van der Waals surface area contributed by atoms with E-state index in [0.29, 0.717) is 0 Å². The Morgan fingerprint density at radius 3 is 1.20 bits per heavy atom. The molecule has 1 heteroatoms. The first-order valence-electron chi connectivity index (χ1n) is 20.3. The van der Waals surface area contributed by atoms with Crippen molar-refractivity contribution in [3.05, 3.63) is 237 Å². The lowest BCUT2D eigenvalue weighted by Gasteiger charge is -2.26. The number of anilines is 3. The first-order valence-corrected chi connectivity index (χ1v) is 20.3. The quantitative estimate of drug-likeness (QED) is 0.147. The predicted molar refractivity (Wildman–Crippen MR) is 253 cm³/mol. The van der Waals surface area contributed by atoms with Gasteiger partial charge in [-0.15, -0.1) is 0 Å². The van der Waals surface area contributed by atoms with Crippen molar-refractivity contribution in [3.63, 3.8) is 0 Å². The molecule has 0 aliphatic heterocycles. The van der Waals surface area contributed by atoms with E-state index in [1.54, 1.807) is 0 Å². The van der Waals surface area contributed by atoms with Crippen molar-refractivity contribution in [1.82, 2.24) is 0 Å². The van der Waals surface area contributed by atoms with Gasteiger partial charge in [-0.05, 0) is 124 Å². The largest absolute Gasteiger partial charge is 0.311 e. The van der Waals surface area contributed by atoms with Crippen LogP contribution in [-0.2, 0) is 0 Å². The second kappa shape index (κ2) is 14.6. The van der Waals surface area contributed by atoms with Gasteiger partial charge in [-0.3, -0.25) is 0 Å². The van der Waals surface area contributed by atoms with Gasteiger partial charge in [0.25, 0.3) is 0 Å². The van der Waals surface area contributed by atoms with Crippen LogP contribution in [0.5, 0.6) is 0 Å². The minimum absolute atomic E-state index is 1.10. The second-order valence-electron chi connectivity index (χ2n) is 15.2. The lowest BCUT2D eigenvalue weighted by Crippen LogP contribution is -2.09. The number of nitrogens with zero attached hydrogens (tertiary/aromatic N) is 1. The first-order chi connectivity index (χ1) is 29.3. The number of fused-ring (bicyclic) bond motifs is 7. The summed E-state index contributed by atoms with van der Waals surface area (Å²) in [7, 11) is 0. The van der Waals surface area contributed by atoms with E-state index in [2.05, 4.69) is 241 Å². The summed E-state index contributed by atoms with van der Waals surface area (Å²) >= 11 is 0. The first kappa shape index (κ1) is 34.5. The van der Waals surface area contributed by atoms with Crippen LogP contribution in [0.3, 0.4) is 0 Å². The highest BCUT2D eigenvalue weighted by Gasteiger charge is 2.17. The topological polar surface area (TPSA) is 3.24 Å². The van der Waals surface area contributed by atoms with Crippen molar-refractivity contribution in [3.8, 4) is 44.5 Å². The molecule has 0 aliphatic carbocycles. The van der Waals surface area contributed by atoms with Crippen molar-refractivity contribution in [2.75, 3.05) is 4.90 Å². The molecule has 11 rings (SSSR count). The molecule has 0 bridgehead atoms. The van der Waals surface area contributed by atoms with E-state index >= 15 is 0 Å². The Morgan fingerprint density at radius 1 is 0.220 bits per heavy atom. The van der Waals surface area contributed by atoms with Crippen LogP contribution in [0.2, 0.25) is 0 Å². The van der Waals surface area contributed by atoms with Gasteiger partial charge in [0.05, 0.1) is 0 Å². The van der Waals surface area contributed by atoms with E-state index in [9.17, 15) is 0 Å². The molecule has 0 saturated carbocycles. The van der Waals surface area contributed by atoms with Crippen molar-refractivity contribution in [2.24, 2.45) is 0 Å². The summed E-state index contributed by atoms with van der Waals surface area (Å²) in [4.78, 5) is 2.37. The molecule has 0 unspecified atom stereocenters. The van der Waals surface area contributed by atoms with Crippen LogP contribution in [0.1, 0.15) is 0 Å². The zero-order chi connectivity index (χ0) is 39.1. The average Bonchev–Trinajstić information content (AvgIpc) is 3.32. The number of hydrogen-bond donors (Lipinski definition) is 0. The minimum atomic E-state index is 1.10. The van der Waals surface area contributed by atoms with Crippen LogP contribution in [0.4, 0.5) is 17.1 Å². The number of rotatable bonds is 7. The molecule has 0 spiro atoms. The highest BCUT2D eigenvalue weighted by atomic mass is 15.1. The van der Waals surface area contributed by atoms with Gasteiger partial charge < -0.3 is 4.90 Å². The maximum Gasteiger partial charge on any atom is 0.0462 e. The van der Waals surface area contributed by atoms with E-state index in [1.807, 2.05) is 0 Å². The van der Waals surface area contributed by atoms with E-state index in [4.69, 9.17) is 0 Å².